The molecule has 142 valence electrons. The molecule has 0 unspecified atom stereocenters. The molecule has 4 heterocycles. The molecule has 5 rings (SSSR count). The second-order valence-corrected chi connectivity index (χ2v) is 7.12. The van der Waals surface area contributed by atoms with E-state index in [1.807, 2.05) is 0 Å². The molecular weight excluding hydrogens is 394 g/mol. The van der Waals surface area contributed by atoms with Gasteiger partial charge in [0.15, 0.2) is 5.76 Å². The summed E-state index contributed by atoms with van der Waals surface area (Å²) in [6.07, 6.45) is 3.15. The molecule has 9 heteroatoms. The SMILES string of the molecule is O=C(O)c1ccc(-c2ccc(C=c3sc4nc(-c5ccco5)nn4c3=O)o2)cc1. The highest BCUT2D eigenvalue weighted by molar-refractivity contribution is 7.15. The molecule has 29 heavy (non-hydrogen) atoms. The molecule has 0 amide bonds. The van der Waals surface area contributed by atoms with Crippen molar-refractivity contribution in [2.45, 2.75) is 0 Å². The van der Waals surface area contributed by atoms with Crippen LogP contribution in [-0.4, -0.2) is 25.7 Å². The predicted octanol–water partition coefficient (Wildman–Crippen LogP) is 2.92. The average Bonchev–Trinajstić information content (AvgIpc) is 3.49. The number of thiazole rings is 1. The van der Waals surface area contributed by atoms with E-state index in [-0.39, 0.29) is 11.1 Å². The summed E-state index contributed by atoms with van der Waals surface area (Å²) in [7, 11) is 0. The average molecular weight is 405 g/mol. The van der Waals surface area contributed by atoms with E-state index < -0.39 is 5.97 Å². The van der Waals surface area contributed by atoms with Crippen LogP contribution in [0.3, 0.4) is 0 Å². The lowest BCUT2D eigenvalue weighted by Gasteiger charge is -1.98. The first kappa shape index (κ1) is 17.1. The van der Waals surface area contributed by atoms with Crippen molar-refractivity contribution in [2.24, 2.45) is 0 Å². The minimum atomic E-state index is -0.987. The van der Waals surface area contributed by atoms with Crippen molar-refractivity contribution in [1.29, 1.82) is 0 Å². The quantitative estimate of drug-likeness (QED) is 0.489. The fourth-order valence-corrected chi connectivity index (χ4v) is 3.72. The first-order chi connectivity index (χ1) is 14.1. The molecule has 0 saturated heterocycles. The number of carbonyl (C=O) groups is 1. The summed E-state index contributed by atoms with van der Waals surface area (Å²) in [6.45, 7) is 0. The molecule has 0 spiro atoms. The Morgan fingerprint density at radius 1 is 1.10 bits per heavy atom. The summed E-state index contributed by atoms with van der Waals surface area (Å²) in [5.74, 6) is 0.931. The maximum Gasteiger partial charge on any atom is 0.335 e. The fourth-order valence-electron chi connectivity index (χ4n) is 2.84. The molecule has 0 aliphatic carbocycles. The smallest absolute Gasteiger partial charge is 0.335 e. The summed E-state index contributed by atoms with van der Waals surface area (Å²) >= 11 is 1.20. The number of fused-ring (bicyclic) bond motifs is 1. The van der Waals surface area contributed by atoms with Gasteiger partial charge in [-0.2, -0.15) is 9.50 Å². The number of rotatable bonds is 4. The van der Waals surface area contributed by atoms with Gasteiger partial charge in [0.2, 0.25) is 10.8 Å². The molecule has 5 aromatic rings. The van der Waals surface area contributed by atoms with E-state index in [1.54, 1.807) is 42.5 Å². The Hall–Kier alpha value is -3.98. The Balaban J connectivity index is 1.48. The summed E-state index contributed by atoms with van der Waals surface area (Å²) in [6, 6.07) is 13.3. The maximum atomic E-state index is 12.6. The summed E-state index contributed by atoms with van der Waals surface area (Å²) in [4.78, 5) is 28.4. The van der Waals surface area contributed by atoms with E-state index in [0.29, 0.717) is 32.6 Å². The highest BCUT2D eigenvalue weighted by Gasteiger charge is 2.14. The highest BCUT2D eigenvalue weighted by Crippen LogP contribution is 2.23. The van der Waals surface area contributed by atoms with Crippen molar-refractivity contribution in [3.05, 3.63) is 81.0 Å². The van der Waals surface area contributed by atoms with E-state index in [2.05, 4.69) is 10.1 Å². The van der Waals surface area contributed by atoms with Crippen LogP contribution < -0.4 is 10.1 Å². The minimum absolute atomic E-state index is 0.200. The molecule has 0 fully saturated rings. The minimum Gasteiger partial charge on any atom is -0.478 e. The zero-order valence-electron chi connectivity index (χ0n) is 14.6. The molecule has 0 bridgehead atoms. The number of furan rings is 2. The molecular formula is C20H11N3O5S. The van der Waals surface area contributed by atoms with Crippen LogP contribution in [0.5, 0.6) is 0 Å². The highest BCUT2D eigenvalue weighted by atomic mass is 32.1. The zero-order chi connectivity index (χ0) is 20.0. The Bertz CT molecular complexity index is 1440. The second kappa shape index (κ2) is 6.57. The standard InChI is InChI=1S/C20H11N3O5S/c24-18-16(29-20-21-17(22-23(18)20)15-2-1-9-27-15)10-13-7-8-14(28-13)11-3-5-12(6-4-11)19(25)26/h1-10H,(H,25,26). The molecule has 0 saturated carbocycles. The predicted molar refractivity (Wildman–Crippen MR) is 105 cm³/mol. The summed E-state index contributed by atoms with van der Waals surface area (Å²) < 4.78 is 12.7. The molecule has 0 radical (unpaired) electrons. The molecule has 1 aromatic carbocycles. The van der Waals surface area contributed by atoms with Crippen LogP contribution in [0.1, 0.15) is 16.1 Å². The van der Waals surface area contributed by atoms with Gasteiger partial charge in [-0.1, -0.05) is 23.5 Å². The third-order valence-corrected chi connectivity index (χ3v) is 5.20. The normalized spacial score (nSPS) is 12.1. The van der Waals surface area contributed by atoms with Crippen molar-refractivity contribution < 1.29 is 18.7 Å². The van der Waals surface area contributed by atoms with Crippen molar-refractivity contribution in [1.82, 2.24) is 14.6 Å². The first-order valence-corrected chi connectivity index (χ1v) is 9.29. The number of carboxylic acid groups (broad SMARTS) is 1. The van der Waals surface area contributed by atoms with Gasteiger partial charge in [0.1, 0.15) is 16.1 Å². The number of nitrogens with zero attached hydrogens (tertiary/aromatic N) is 3. The first-order valence-electron chi connectivity index (χ1n) is 8.47. The Morgan fingerprint density at radius 2 is 1.93 bits per heavy atom. The lowest BCUT2D eigenvalue weighted by atomic mass is 10.1. The van der Waals surface area contributed by atoms with Crippen molar-refractivity contribution in [2.75, 3.05) is 0 Å². The van der Waals surface area contributed by atoms with Crippen LogP contribution in [0.25, 0.3) is 33.9 Å². The van der Waals surface area contributed by atoms with Crippen LogP contribution in [0, 0.1) is 0 Å². The fraction of sp³-hybridized carbons (Fsp3) is 0. The third-order valence-electron chi connectivity index (χ3n) is 4.24. The Labute approximate surface area is 166 Å². The number of aromatic nitrogens is 3. The Morgan fingerprint density at radius 3 is 2.62 bits per heavy atom. The van der Waals surface area contributed by atoms with Crippen LogP contribution >= 0.6 is 11.3 Å². The van der Waals surface area contributed by atoms with Crippen LogP contribution in [0.2, 0.25) is 0 Å². The van der Waals surface area contributed by atoms with Gasteiger partial charge in [0.05, 0.1) is 11.8 Å². The molecule has 1 N–H and O–H groups in total. The lowest BCUT2D eigenvalue weighted by molar-refractivity contribution is 0.0697. The Kier molecular flexibility index (Phi) is 3.88. The maximum absolute atomic E-state index is 12.6. The van der Waals surface area contributed by atoms with Gasteiger partial charge in [-0.05, 0) is 36.4 Å². The molecule has 8 nitrogen and oxygen atoms in total. The van der Waals surface area contributed by atoms with Gasteiger partial charge in [0, 0.05) is 11.6 Å². The molecule has 0 aliphatic heterocycles. The van der Waals surface area contributed by atoms with Gasteiger partial charge in [-0.25, -0.2) is 4.79 Å². The van der Waals surface area contributed by atoms with E-state index in [1.165, 1.54) is 34.2 Å². The third kappa shape index (κ3) is 3.03. The van der Waals surface area contributed by atoms with E-state index >= 15 is 0 Å². The van der Waals surface area contributed by atoms with Gasteiger partial charge in [-0.3, -0.25) is 4.79 Å². The van der Waals surface area contributed by atoms with E-state index in [9.17, 15) is 9.59 Å². The van der Waals surface area contributed by atoms with Gasteiger partial charge in [-0.15, -0.1) is 5.10 Å². The topological polar surface area (TPSA) is 111 Å². The summed E-state index contributed by atoms with van der Waals surface area (Å²) in [5.41, 5.74) is 0.647. The van der Waals surface area contributed by atoms with Crippen molar-refractivity contribution in [3.8, 4) is 22.9 Å². The molecule has 4 aromatic heterocycles. The summed E-state index contributed by atoms with van der Waals surface area (Å²) in [5, 5.41) is 13.2. The van der Waals surface area contributed by atoms with Crippen molar-refractivity contribution >= 4 is 28.3 Å². The van der Waals surface area contributed by atoms with Crippen LogP contribution in [0.4, 0.5) is 0 Å². The largest absolute Gasteiger partial charge is 0.478 e. The number of benzene rings is 1. The van der Waals surface area contributed by atoms with Gasteiger partial charge >= 0.3 is 5.97 Å². The zero-order valence-corrected chi connectivity index (χ0v) is 15.4. The van der Waals surface area contributed by atoms with Crippen molar-refractivity contribution in [3.63, 3.8) is 0 Å². The molecule has 0 atom stereocenters. The van der Waals surface area contributed by atoms with E-state index in [0.717, 1.165) is 5.56 Å². The number of aromatic carboxylic acids is 1. The number of carboxylic acids is 1. The number of hydrogen-bond acceptors (Lipinski definition) is 7. The van der Waals surface area contributed by atoms with Crippen LogP contribution in [0.15, 0.2) is 68.4 Å². The lowest BCUT2D eigenvalue weighted by Crippen LogP contribution is -2.23. The van der Waals surface area contributed by atoms with Gasteiger partial charge < -0.3 is 13.9 Å². The van der Waals surface area contributed by atoms with Gasteiger partial charge in [0.25, 0.3) is 5.56 Å². The van der Waals surface area contributed by atoms with Crippen LogP contribution in [-0.2, 0) is 0 Å². The monoisotopic (exact) mass is 405 g/mol. The molecule has 0 aliphatic rings. The van der Waals surface area contributed by atoms with E-state index in [4.69, 9.17) is 13.9 Å². The number of hydrogen-bond donors (Lipinski definition) is 1. The second-order valence-electron chi connectivity index (χ2n) is 6.11.